The number of thiazole rings is 2. The Kier molecular flexibility index (Phi) is 23.6. The second kappa shape index (κ2) is 31.2. The number of nitrogens with one attached hydrogen (secondary N) is 3. The molecule has 1 aliphatic heterocycles. The number of esters is 4. The SMILES string of the molecule is COC(=O)[C@H]1O[C@@H](CCc2cc(NC(=O)[C@H](C)NC(=O)[C@@H](N)C(C)C)ccc2COC(=O)N(C)CC#Cc2ccc(OCCCc3sc(N(C)c4cc(C)c(Nc5nc6ccccc6s5)nn4)nc3C(=O)O)c(F)c2)[C@H](OC(C)=O)[C@@H](OC(C)=O)[C@@H]1OC(C)=O. The molecule has 1 fully saturated rings. The number of benzene rings is 3. The number of para-hydroxylation sites is 1. The maximum atomic E-state index is 15.4. The van der Waals surface area contributed by atoms with E-state index in [1.165, 1.54) is 65.8 Å². The Labute approximate surface area is 525 Å². The number of aryl methyl sites for hydroxylation is 3. The van der Waals surface area contributed by atoms with E-state index in [4.69, 9.17) is 38.9 Å². The molecule has 1 saturated heterocycles. The Morgan fingerprint density at radius 3 is 2.22 bits per heavy atom. The number of hydrogen-bond donors (Lipinski definition) is 5. The molecule has 3 aromatic heterocycles. The van der Waals surface area contributed by atoms with Crippen LogP contribution in [0.4, 0.5) is 36.8 Å². The molecule has 7 rings (SSSR count). The number of carbonyl (C=O) groups excluding carboxylic acids is 7. The third-order valence-corrected chi connectivity index (χ3v) is 16.0. The van der Waals surface area contributed by atoms with Crippen LogP contribution in [0.3, 0.4) is 0 Å². The monoisotopic (exact) mass is 1280 g/mol. The summed E-state index contributed by atoms with van der Waals surface area (Å²) in [5.41, 5.74) is 8.91. The van der Waals surface area contributed by atoms with E-state index in [2.05, 4.69) is 48.0 Å². The van der Waals surface area contributed by atoms with Gasteiger partial charge < -0.3 is 69.7 Å². The van der Waals surface area contributed by atoms with E-state index in [9.17, 15) is 43.5 Å². The van der Waals surface area contributed by atoms with E-state index < -0.39 is 96.2 Å². The molecule has 26 nitrogen and oxygen atoms in total. The highest BCUT2D eigenvalue weighted by molar-refractivity contribution is 7.22. The van der Waals surface area contributed by atoms with Crippen LogP contribution in [-0.4, -0.2) is 155 Å². The van der Waals surface area contributed by atoms with Crippen molar-refractivity contribution in [3.63, 3.8) is 0 Å². The van der Waals surface area contributed by atoms with E-state index in [-0.39, 0.29) is 67.6 Å². The van der Waals surface area contributed by atoms with Crippen LogP contribution >= 0.6 is 22.7 Å². The molecule has 7 atom stereocenters. The second-order valence-electron chi connectivity index (χ2n) is 21.1. The number of methoxy groups -OCH3 is 1. The maximum absolute atomic E-state index is 15.4. The first-order valence-corrected chi connectivity index (χ1v) is 29.9. The third-order valence-electron chi connectivity index (χ3n) is 13.9. The molecular formula is C61H69FN10O16S2. The average Bonchev–Trinajstić information content (AvgIpc) is 1.02. The Bertz CT molecular complexity index is 3670. The lowest BCUT2D eigenvalue weighted by atomic mass is 9.90. The van der Waals surface area contributed by atoms with Gasteiger partial charge in [0.2, 0.25) is 11.8 Å². The summed E-state index contributed by atoms with van der Waals surface area (Å²) in [5, 5.41) is 28.4. The number of carboxylic acid groups (broad SMARTS) is 1. The summed E-state index contributed by atoms with van der Waals surface area (Å²) in [6.45, 7) is 9.66. The summed E-state index contributed by atoms with van der Waals surface area (Å²) in [6.07, 6.45) is -7.69. The van der Waals surface area contributed by atoms with Gasteiger partial charge in [0.15, 0.2) is 63.6 Å². The van der Waals surface area contributed by atoms with Crippen LogP contribution in [0.5, 0.6) is 5.75 Å². The minimum Gasteiger partial charge on any atom is -0.491 e. The van der Waals surface area contributed by atoms with Crippen LogP contribution in [0.2, 0.25) is 0 Å². The molecule has 4 heterocycles. The molecule has 0 aliphatic carbocycles. The number of aromatic carboxylic acids is 1. The number of carbonyl (C=O) groups is 8. The van der Waals surface area contributed by atoms with Crippen molar-refractivity contribution >= 4 is 108 Å². The molecule has 6 aromatic rings. The second-order valence-corrected chi connectivity index (χ2v) is 23.2. The number of anilines is 5. The molecule has 0 bridgehead atoms. The van der Waals surface area contributed by atoms with Crippen LogP contribution < -0.4 is 31.3 Å². The smallest absolute Gasteiger partial charge is 0.410 e. The van der Waals surface area contributed by atoms with Crippen LogP contribution in [0.25, 0.3) is 10.2 Å². The number of carboxylic acids is 1. The van der Waals surface area contributed by atoms with Crippen molar-refractivity contribution in [2.45, 2.75) is 123 Å². The van der Waals surface area contributed by atoms with Gasteiger partial charge in [-0.25, -0.2) is 28.7 Å². The van der Waals surface area contributed by atoms with Crippen LogP contribution in [0, 0.1) is 30.5 Å². The quantitative estimate of drug-likeness (QED) is 0.0168. The molecule has 0 unspecified atom stereocenters. The fourth-order valence-electron chi connectivity index (χ4n) is 9.12. The zero-order chi connectivity index (χ0) is 65.5. The number of hydrogen-bond acceptors (Lipinski definition) is 24. The van der Waals surface area contributed by atoms with Gasteiger partial charge in [-0.15, -0.1) is 21.5 Å². The molecule has 3 amide bonds. The normalized spacial score (nSPS) is 16.7. The van der Waals surface area contributed by atoms with Crippen LogP contribution in [0.15, 0.2) is 66.7 Å². The Hall–Kier alpha value is -9.37. The van der Waals surface area contributed by atoms with Crippen molar-refractivity contribution < 1.29 is 81.0 Å². The van der Waals surface area contributed by atoms with Gasteiger partial charge in [-0.1, -0.05) is 55.2 Å². The molecule has 29 heteroatoms. The molecule has 90 heavy (non-hydrogen) atoms. The van der Waals surface area contributed by atoms with Crippen molar-refractivity contribution in [1.29, 1.82) is 0 Å². The van der Waals surface area contributed by atoms with Gasteiger partial charge in [-0.2, -0.15) is 0 Å². The summed E-state index contributed by atoms with van der Waals surface area (Å²) in [7, 11) is 4.21. The number of aromatic nitrogens is 4. The van der Waals surface area contributed by atoms with Gasteiger partial charge >= 0.3 is 35.9 Å². The van der Waals surface area contributed by atoms with Crippen molar-refractivity contribution in [3.8, 4) is 17.6 Å². The number of amides is 3. The lowest BCUT2D eigenvalue weighted by Gasteiger charge is -2.43. The standard InChI is InChI=1S/C61H69FN10O16S2/c1-31(2)48(63)56(77)64-33(4)55(76)65-40-22-20-39(38(29-40)21-24-44-50(85-34(5)73)51(86-35(6)74)52(87-36(7)75)53(88-44)58(80)82-10)30-84-61(81)71(8)25-13-15-37-19-23-43(41(62)28-37)83-26-14-18-46-49(57(78)79)67-60(90-46)72(9)47-27-32(3)54(70-69-47)68-59-66-42-16-11-12-17-45(42)89-59/h11-12,16-17,19-20,22-23,27-29,31,33,44,48,50-53H,14,18,21,24-26,30,63H2,1-10H3,(H,64,77)(H,65,76)(H,78,79)(H,66,68,70)/t33-,44-,48-,50-,51+,52-,53-/m0/s1. The first-order chi connectivity index (χ1) is 42.8. The van der Waals surface area contributed by atoms with Crippen molar-refractivity contribution in [2.24, 2.45) is 11.7 Å². The zero-order valence-corrected chi connectivity index (χ0v) is 52.6. The Morgan fingerprint density at radius 2 is 1.56 bits per heavy atom. The number of rotatable bonds is 25. The molecule has 1 aliphatic rings. The number of fused-ring (bicyclic) bond motifs is 1. The predicted octanol–water partition coefficient (Wildman–Crippen LogP) is 6.93. The first kappa shape index (κ1) is 68.1. The van der Waals surface area contributed by atoms with Crippen molar-refractivity contribution in [3.05, 3.63) is 105 Å². The number of ether oxygens (including phenoxy) is 7. The van der Waals surface area contributed by atoms with Gasteiger partial charge in [0, 0.05) is 51.0 Å². The summed E-state index contributed by atoms with van der Waals surface area (Å²) < 4.78 is 55.4. The zero-order valence-electron chi connectivity index (χ0n) is 50.9. The van der Waals surface area contributed by atoms with Gasteiger partial charge in [-0.3, -0.25) is 24.0 Å². The summed E-state index contributed by atoms with van der Waals surface area (Å²) in [6, 6.07) is 16.5. The topological polar surface area (TPSA) is 342 Å². The number of halogens is 1. The van der Waals surface area contributed by atoms with Gasteiger partial charge in [-0.05, 0) is 111 Å². The van der Waals surface area contributed by atoms with Gasteiger partial charge in [0.05, 0.1) is 42.6 Å². The summed E-state index contributed by atoms with van der Waals surface area (Å²) in [4.78, 5) is 114. The predicted molar refractivity (Wildman–Crippen MR) is 328 cm³/mol. The van der Waals surface area contributed by atoms with E-state index in [0.717, 1.165) is 43.7 Å². The minimum atomic E-state index is -1.64. The third kappa shape index (κ3) is 18.1. The van der Waals surface area contributed by atoms with Crippen molar-refractivity contribution in [2.75, 3.05) is 49.9 Å². The lowest BCUT2D eigenvalue weighted by Crippen LogP contribution is -2.63. The molecule has 0 radical (unpaired) electrons. The Balaban J connectivity index is 0.966. The molecule has 3 aromatic carbocycles. The molecule has 0 spiro atoms. The Morgan fingerprint density at radius 1 is 0.844 bits per heavy atom. The first-order valence-electron chi connectivity index (χ1n) is 28.3. The van der Waals surface area contributed by atoms with Crippen LogP contribution in [0.1, 0.15) is 92.0 Å². The van der Waals surface area contributed by atoms with E-state index >= 15 is 4.39 Å². The largest absolute Gasteiger partial charge is 0.491 e. The fourth-order valence-corrected chi connectivity index (χ4v) is 11.1. The van der Waals surface area contributed by atoms with E-state index in [0.29, 0.717) is 44.3 Å². The molecular weight excluding hydrogens is 1210 g/mol. The van der Waals surface area contributed by atoms with E-state index in [1.807, 2.05) is 31.2 Å². The summed E-state index contributed by atoms with van der Waals surface area (Å²) in [5.74, 6) is -0.211. The van der Waals surface area contributed by atoms with Crippen LogP contribution in [-0.2, 0) is 76.6 Å². The maximum Gasteiger partial charge on any atom is 0.410 e. The number of nitrogens with zero attached hydrogens (tertiary/aromatic N) is 6. The number of nitrogens with two attached hydrogens (primary N) is 1. The highest BCUT2D eigenvalue weighted by Crippen LogP contribution is 2.35. The molecule has 6 N–H and O–H groups in total. The average molecular weight is 1280 g/mol. The van der Waals surface area contributed by atoms with E-state index in [1.54, 1.807) is 44.0 Å². The lowest BCUT2D eigenvalue weighted by molar-refractivity contribution is -0.249. The van der Waals surface area contributed by atoms with Crippen molar-refractivity contribution in [1.82, 2.24) is 30.4 Å². The highest BCUT2D eigenvalue weighted by atomic mass is 32.1. The highest BCUT2D eigenvalue weighted by Gasteiger charge is 2.54. The molecule has 0 saturated carbocycles. The summed E-state index contributed by atoms with van der Waals surface area (Å²) >= 11 is 2.67. The molecule has 478 valence electrons. The van der Waals surface area contributed by atoms with Gasteiger partial charge in [0.25, 0.3) is 0 Å². The fraction of sp³-hybridized carbons (Fsp3) is 0.410. The van der Waals surface area contributed by atoms with Gasteiger partial charge in [0.1, 0.15) is 12.6 Å². The minimum absolute atomic E-state index is 0.00867.